The lowest BCUT2D eigenvalue weighted by Crippen LogP contribution is -1.83. The third kappa shape index (κ3) is 2.80. The van der Waals surface area contributed by atoms with Crippen molar-refractivity contribution >= 4 is 12.1 Å². The van der Waals surface area contributed by atoms with E-state index in [9.17, 15) is 0 Å². The molecule has 58 valence electrons. The molecule has 0 spiro atoms. The zero-order chi connectivity index (χ0) is 7.94. The van der Waals surface area contributed by atoms with E-state index in [0.717, 1.165) is 5.69 Å². The number of rotatable bonds is 3. The van der Waals surface area contributed by atoms with Gasteiger partial charge in [-0.2, -0.15) is 0 Å². The second kappa shape index (κ2) is 4.44. The van der Waals surface area contributed by atoms with E-state index >= 15 is 0 Å². The average molecular weight is 150 g/mol. The van der Waals surface area contributed by atoms with Crippen molar-refractivity contribution in [2.24, 2.45) is 4.99 Å². The molecule has 3 heteroatoms. The Morgan fingerprint density at radius 1 is 1.73 bits per heavy atom. The predicted octanol–water partition coefficient (Wildman–Crippen LogP) is 1.78. The number of hydrogen-bond donors (Lipinski definition) is 0. The summed E-state index contributed by atoms with van der Waals surface area (Å²) >= 11 is 0. The van der Waals surface area contributed by atoms with Gasteiger partial charge >= 0.3 is 0 Å². The van der Waals surface area contributed by atoms with Crippen LogP contribution in [0.3, 0.4) is 0 Å². The quantitative estimate of drug-likeness (QED) is 0.486. The summed E-state index contributed by atoms with van der Waals surface area (Å²) in [6.07, 6.45) is 4.81. The van der Waals surface area contributed by atoms with Crippen molar-refractivity contribution in [1.29, 1.82) is 0 Å². The van der Waals surface area contributed by atoms with Gasteiger partial charge in [-0.05, 0) is 19.1 Å². The van der Waals surface area contributed by atoms with Gasteiger partial charge in [0.15, 0.2) is 6.40 Å². The highest BCUT2D eigenvalue weighted by Crippen LogP contribution is 2.05. The van der Waals surface area contributed by atoms with Crippen LogP contribution >= 0.6 is 0 Å². The Kier molecular flexibility index (Phi) is 3.12. The van der Waals surface area contributed by atoms with Crippen LogP contribution in [-0.2, 0) is 4.74 Å². The summed E-state index contributed by atoms with van der Waals surface area (Å²) < 4.78 is 4.92. The Morgan fingerprint density at radius 3 is 3.27 bits per heavy atom. The number of aromatic nitrogens is 1. The highest BCUT2D eigenvalue weighted by Gasteiger charge is 1.82. The lowest BCUT2D eigenvalue weighted by atomic mass is 10.4. The number of nitrogens with zero attached hydrogens (tertiary/aromatic N) is 2. The maximum Gasteiger partial charge on any atom is 0.174 e. The Balaban J connectivity index is 2.50. The summed E-state index contributed by atoms with van der Waals surface area (Å²) in [6.45, 7) is 2.55. The van der Waals surface area contributed by atoms with Crippen LogP contribution < -0.4 is 0 Å². The fraction of sp³-hybridized carbons (Fsp3) is 0.250. The first-order valence-electron chi connectivity index (χ1n) is 3.47. The maximum atomic E-state index is 4.92. The normalized spacial score (nSPS) is 10.3. The SMILES string of the molecule is CCO/C=N\c1cccnc1. The molecule has 0 radical (unpaired) electrons. The molecule has 0 amide bonds. The Hall–Kier alpha value is -1.38. The molecule has 0 atom stereocenters. The molecule has 3 nitrogen and oxygen atoms in total. The van der Waals surface area contributed by atoms with E-state index < -0.39 is 0 Å². The van der Waals surface area contributed by atoms with Crippen molar-refractivity contribution in [3.63, 3.8) is 0 Å². The third-order valence-electron chi connectivity index (χ3n) is 1.09. The van der Waals surface area contributed by atoms with Gasteiger partial charge in [-0.3, -0.25) is 4.98 Å². The van der Waals surface area contributed by atoms with E-state index in [4.69, 9.17) is 4.74 Å². The minimum atomic E-state index is 0.643. The molecule has 0 aromatic carbocycles. The second-order valence-corrected chi connectivity index (χ2v) is 1.90. The molecule has 0 N–H and O–H groups in total. The maximum absolute atomic E-state index is 4.92. The van der Waals surface area contributed by atoms with Crippen LogP contribution in [0.2, 0.25) is 0 Å². The van der Waals surface area contributed by atoms with Gasteiger partial charge in [-0.1, -0.05) is 0 Å². The first-order valence-corrected chi connectivity index (χ1v) is 3.47. The van der Waals surface area contributed by atoms with Crippen molar-refractivity contribution < 1.29 is 4.74 Å². The first-order chi connectivity index (χ1) is 5.43. The molecule has 0 aliphatic heterocycles. The fourth-order valence-electron chi connectivity index (χ4n) is 0.603. The summed E-state index contributed by atoms with van der Waals surface area (Å²) in [7, 11) is 0. The van der Waals surface area contributed by atoms with Crippen molar-refractivity contribution in [2.45, 2.75) is 6.92 Å². The summed E-state index contributed by atoms with van der Waals surface area (Å²) in [4.78, 5) is 7.88. The summed E-state index contributed by atoms with van der Waals surface area (Å²) in [6, 6.07) is 3.70. The number of pyridine rings is 1. The first kappa shape index (κ1) is 7.72. The van der Waals surface area contributed by atoms with Crippen LogP contribution in [0.4, 0.5) is 5.69 Å². The molecular formula is C8H10N2O. The van der Waals surface area contributed by atoms with Crippen LogP contribution in [0.25, 0.3) is 0 Å². The molecule has 11 heavy (non-hydrogen) atoms. The molecule has 0 saturated heterocycles. The second-order valence-electron chi connectivity index (χ2n) is 1.90. The smallest absolute Gasteiger partial charge is 0.174 e. The molecule has 0 aliphatic carbocycles. The lowest BCUT2D eigenvalue weighted by molar-refractivity contribution is 0.344. The Morgan fingerprint density at radius 2 is 2.64 bits per heavy atom. The number of aliphatic imine (C=N–C) groups is 1. The van der Waals surface area contributed by atoms with Gasteiger partial charge in [0.2, 0.25) is 0 Å². The summed E-state index contributed by atoms with van der Waals surface area (Å²) in [5.74, 6) is 0. The predicted molar refractivity (Wildman–Crippen MR) is 44.0 cm³/mol. The molecule has 0 saturated carbocycles. The van der Waals surface area contributed by atoms with Crippen molar-refractivity contribution in [1.82, 2.24) is 4.98 Å². The van der Waals surface area contributed by atoms with E-state index in [1.54, 1.807) is 12.4 Å². The van der Waals surface area contributed by atoms with Crippen LogP contribution in [0.1, 0.15) is 6.92 Å². The van der Waals surface area contributed by atoms with Gasteiger partial charge in [-0.25, -0.2) is 4.99 Å². The van der Waals surface area contributed by atoms with E-state index in [-0.39, 0.29) is 0 Å². The van der Waals surface area contributed by atoms with E-state index in [2.05, 4.69) is 9.98 Å². The molecule has 1 rings (SSSR count). The highest BCUT2D eigenvalue weighted by atomic mass is 16.5. The zero-order valence-electron chi connectivity index (χ0n) is 6.40. The standard InChI is InChI=1S/C8H10N2O/c1-2-11-7-10-8-4-3-5-9-6-8/h3-7H,2H2,1H3/b10-7-. The van der Waals surface area contributed by atoms with E-state index in [0.29, 0.717) is 6.61 Å². The largest absolute Gasteiger partial charge is 0.483 e. The average Bonchev–Trinajstić information content (AvgIpc) is 2.07. The molecule has 1 aromatic rings. The summed E-state index contributed by atoms with van der Waals surface area (Å²) in [5, 5.41) is 0. The molecule has 0 unspecified atom stereocenters. The van der Waals surface area contributed by atoms with E-state index in [1.165, 1.54) is 6.40 Å². The lowest BCUT2D eigenvalue weighted by Gasteiger charge is -1.91. The molecule has 1 aromatic heterocycles. The minimum Gasteiger partial charge on any atom is -0.483 e. The fourth-order valence-corrected chi connectivity index (χ4v) is 0.603. The Labute approximate surface area is 65.8 Å². The van der Waals surface area contributed by atoms with Crippen LogP contribution in [0.15, 0.2) is 29.5 Å². The van der Waals surface area contributed by atoms with Crippen LogP contribution in [-0.4, -0.2) is 18.0 Å². The van der Waals surface area contributed by atoms with Crippen molar-refractivity contribution in [3.05, 3.63) is 24.5 Å². The number of hydrogen-bond acceptors (Lipinski definition) is 3. The van der Waals surface area contributed by atoms with Gasteiger partial charge in [0.05, 0.1) is 18.5 Å². The molecule has 0 aliphatic rings. The monoisotopic (exact) mass is 150 g/mol. The highest BCUT2D eigenvalue weighted by molar-refractivity contribution is 5.54. The Bertz CT molecular complexity index is 221. The topological polar surface area (TPSA) is 34.5 Å². The zero-order valence-corrected chi connectivity index (χ0v) is 6.40. The molecule has 0 bridgehead atoms. The van der Waals surface area contributed by atoms with E-state index in [1.807, 2.05) is 19.1 Å². The van der Waals surface area contributed by atoms with Crippen molar-refractivity contribution in [3.8, 4) is 0 Å². The van der Waals surface area contributed by atoms with Gasteiger partial charge < -0.3 is 4.74 Å². The number of ether oxygens (including phenoxy) is 1. The molecular weight excluding hydrogens is 140 g/mol. The van der Waals surface area contributed by atoms with Gasteiger partial charge in [0.25, 0.3) is 0 Å². The minimum absolute atomic E-state index is 0.643. The van der Waals surface area contributed by atoms with Crippen LogP contribution in [0.5, 0.6) is 0 Å². The van der Waals surface area contributed by atoms with Gasteiger partial charge in [0, 0.05) is 6.20 Å². The summed E-state index contributed by atoms with van der Waals surface area (Å²) in [5.41, 5.74) is 0.806. The van der Waals surface area contributed by atoms with Gasteiger partial charge in [0.1, 0.15) is 0 Å². The molecule has 1 heterocycles. The van der Waals surface area contributed by atoms with Gasteiger partial charge in [-0.15, -0.1) is 0 Å². The van der Waals surface area contributed by atoms with Crippen molar-refractivity contribution in [2.75, 3.05) is 6.61 Å². The molecule has 0 fully saturated rings. The third-order valence-corrected chi connectivity index (χ3v) is 1.09. The van der Waals surface area contributed by atoms with Crippen LogP contribution in [0, 0.1) is 0 Å².